The first-order chi connectivity index (χ1) is 11.7. The van der Waals surface area contributed by atoms with E-state index in [1.54, 1.807) is 6.07 Å². The van der Waals surface area contributed by atoms with Gasteiger partial charge in [0.2, 0.25) is 5.91 Å². The highest BCUT2D eigenvalue weighted by Gasteiger charge is 2.23. The molecule has 0 unspecified atom stereocenters. The van der Waals surface area contributed by atoms with E-state index >= 15 is 0 Å². The molecule has 2 fully saturated rings. The summed E-state index contributed by atoms with van der Waals surface area (Å²) in [7, 11) is 0. The van der Waals surface area contributed by atoms with E-state index in [2.05, 4.69) is 10.2 Å². The first-order valence-electron chi connectivity index (χ1n) is 9.04. The molecule has 0 bridgehead atoms. The lowest BCUT2D eigenvalue weighted by Gasteiger charge is -2.31. The Labute approximate surface area is 148 Å². The highest BCUT2D eigenvalue weighted by Crippen LogP contribution is 2.27. The minimum Gasteiger partial charge on any atom is -0.351 e. The smallest absolute Gasteiger partial charge is 0.261 e. The number of amides is 2. The van der Waals surface area contributed by atoms with Gasteiger partial charge in [-0.05, 0) is 43.2 Å². The molecule has 0 spiro atoms. The molecule has 1 saturated heterocycles. The van der Waals surface area contributed by atoms with Crippen LogP contribution in [0.25, 0.3) is 0 Å². The van der Waals surface area contributed by atoms with Crippen LogP contribution in [-0.2, 0) is 4.79 Å². The Morgan fingerprint density at radius 3 is 2.75 bits per heavy atom. The molecule has 1 aliphatic carbocycles. The molecule has 1 aliphatic heterocycles. The van der Waals surface area contributed by atoms with Crippen LogP contribution in [-0.4, -0.2) is 60.9 Å². The van der Waals surface area contributed by atoms with Crippen LogP contribution in [0.15, 0.2) is 17.5 Å². The Kier molecular flexibility index (Phi) is 6.26. The van der Waals surface area contributed by atoms with Crippen molar-refractivity contribution in [3.8, 4) is 0 Å². The van der Waals surface area contributed by atoms with Crippen molar-refractivity contribution >= 4 is 23.2 Å². The molecule has 0 aromatic carbocycles. The Balaban J connectivity index is 1.36. The summed E-state index contributed by atoms with van der Waals surface area (Å²) in [6.45, 7) is 5.39. The molecule has 3 rings (SSSR count). The number of rotatable bonds is 6. The lowest BCUT2D eigenvalue weighted by Crippen LogP contribution is -2.38. The summed E-state index contributed by atoms with van der Waals surface area (Å²) in [5.41, 5.74) is 0. The van der Waals surface area contributed by atoms with Crippen molar-refractivity contribution in [2.45, 2.75) is 32.1 Å². The summed E-state index contributed by atoms with van der Waals surface area (Å²) in [6, 6.07) is 3.66. The van der Waals surface area contributed by atoms with Gasteiger partial charge in [-0.1, -0.05) is 12.5 Å². The summed E-state index contributed by atoms with van der Waals surface area (Å²) in [4.78, 5) is 29.4. The molecule has 132 valence electrons. The maximum Gasteiger partial charge on any atom is 0.261 e. The zero-order chi connectivity index (χ0) is 16.8. The van der Waals surface area contributed by atoms with Crippen LogP contribution in [0.3, 0.4) is 0 Å². The minimum atomic E-state index is -0.0830. The summed E-state index contributed by atoms with van der Waals surface area (Å²) in [6.07, 6.45) is 5.59. The standard InChI is InChI=1S/C18H27N3O2S/c22-17(7-8-19-18(23)16-6-2-13-24-16)21-10-3-9-20(11-12-21)14-15-4-1-5-15/h2,6,13,15H,1,3-5,7-12,14H2,(H,19,23). The van der Waals surface area contributed by atoms with Crippen molar-refractivity contribution < 1.29 is 9.59 Å². The molecule has 24 heavy (non-hydrogen) atoms. The van der Waals surface area contributed by atoms with Gasteiger partial charge in [0.15, 0.2) is 0 Å². The van der Waals surface area contributed by atoms with Crippen LogP contribution in [0, 0.1) is 5.92 Å². The number of carbonyl (C=O) groups excluding carboxylic acids is 2. The summed E-state index contributed by atoms with van der Waals surface area (Å²) < 4.78 is 0. The number of nitrogens with zero attached hydrogens (tertiary/aromatic N) is 2. The third-order valence-corrected chi connectivity index (χ3v) is 5.92. The van der Waals surface area contributed by atoms with Crippen molar-refractivity contribution in [2.24, 2.45) is 5.92 Å². The maximum atomic E-state index is 12.4. The van der Waals surface area contributed by atoms with Gasteiger partial charge >= 0.3 is 0 Å². The normalized spacial score (nSPS) is 19.6. The zero-order valence-corrected chi connectivity index (χ0v) is 15.0. The third kappa shape index (κ3) is 4.80. The Hall–Kier alpha value is -1.40. The van der Waals surface area contributed by atoms with Crippen LogP contribution in [0.5, 0.6) is 0 Å². The molecule has 1 saturated carbocycles. The van der Waals surface area contributed by atoms with Gasteiger partial charge in [0.1, 0.15) is 0 Å². The molecule has 2 amide bonds. The highest BCUT2D eigenvalue weighted by atomic mass is 32.1. The number of nitrogens with one attached hydrogen (secondary N) is 1. The number of hydrogen-bond acceptors (Lipinski definition) is 4. The second-order valence-corrected chi connectivity index (χ2v) is 7.76. The quantitative estimate of drug-likeness (QED) is 0.857. The number of thiophene rings is 1. The number of hydrogen-bond donors (Lipinski definition) is 1. The fourth-order valence-corrected chi connectivity index (χ4v) is 4.02. The fourth-order valence-electron chi connectivity index (χ4n) is 3.38. The monoisotopic (exact) mass is 349 g/mol. The van der Waals surface area contributed by atoms with E-state index < -0.39 is 0 Å². The molecule has 2 aliphatic rings. The topological polar surface area (TPSA) is 52.7 Å². The summed E-state index contributed by atoms with van der Waals surface area (Å²) in [5, 5.41) is 4.72. The van der Waals surface area contributed by atoms with Crippen molar-refractivity contribution in [2.75, 3.05) is 39.3 Å². The molecule has 5 nitrogen and oxygen atoms in total. The van der Waals surface area contributed by atoms with Gasteiger partial charge in [-0.2, -0.15) is 0 Å². The van der Waals surface area contributed by atoms with Gasteiger partial charge in [-0.3, -0.25) is 9.59 Å². The van der Waals surface area contributed by atoms with Crippen LogP contribution in [0.1, 0.15) is 41.8 Å². The molecular weight excluding hydrogens is 322 g/mol. The van der Waals surface area contributed by atoms with Crippen molar-refractivity contribution in [3.05, 3.63) is 22.4 Å². The first-order valence-corrected chi connectivity index (χ1v) is 9.92. The SMILES string of the molecule is O=C(NCCC(=O)N1CCCN(CC2CCC2)CC1)c1cccs1. The lowest BCUT2D eigenvalue weighted by molar-refractivity contribution is -0.130. The zero-order valence-electron chi connectivity index (χ0n) is 14.2. The number of carbonyl (C=O) groups is 2. The highest BCUT2D eigenvalue weighted by molar-refractivity contribution is 7.12. The molecule has 1 aromatic heterocycles. The predicted molar refractivity (Wildman–Crippen MR) is 96.2 cm³/mol. The van der Waals surface area contributed by atoms with E-state index in [9.17, 15) is 9.59 Å². The van der Waals surface area contributed by atoms with Gasteiger partial charge in [-0.25, -0.2) is 0 Å². The third-order valence-electron chi connectivity index (χ3n) is 5.05. The van der Waals surface area contributed by atoms with Gasteiger partial charge in [0, 0.05) is 39.1 Å². The first kappa shape index (κ1) is 17.4. The van der Waals surface area contributed by atoms with Gasteiger partial charge in [-0.15, -0.1) is 11.3 Å². The van der Waals surface area contributed by atoms with E-state index in [0.717, 1.165) is 38.5 Å². The second kappa shape index (κ2) is 8.62. The molecular formula is C18H27N3O2S. The Morgan fingerprint density at radius 1 is 1.17 bits per heavy atom. The molecule has 0 atom stereocenters. The van der Waals surface area contributed by atoms with Crippen molar-refractivity contribution in [1.82, 2.24) is 15.1 Å². The largest absolute Gasteiger partial charge is 0.351 e. The average Bonchev–Trinajstić information content (AvgIpc) is 2.97. The van der Waals surface area contributed by atoms with E-state index in [4.69, 9.17) is 0 Å². The fraction of sp³-hybridized carbons (Fsp3) is 0.667. The molecule has 2 heterocycles. The van der Waals surface area contributed by atoms with E-state index in [-0.39, 0.29) is 11.8 Å². The maximum absolute atomic E-state index is 12.4. The lowest BCUT2D eigenvalue weighted by atomic mass is 9.85. The van der Waals surface area contributed by atoms with Crippen molar-refractivity contribution in [3.63, 3.8) is 0 Å². The van der Waals surface area contributed by atoms with E-state index in [1.807, 2.05) is 16.3 Å². The van der Waals surface area contributed by atoms with Crippen LogP contribution >= 0.6 is 11.3 Å². The molecule has 0 radical (unpaired) electrons. The van der Waals surface area contributed by atoms with Gasteiger partial charge in [0.05, 0.1) is 4.88 Å². The predicted octanol–water partition coefficient (Wildman–Crippen LogP) is 2.20. The minimum absolute atomic E-state index is 0.0830. The summed E-state index contributed by atoms with van der Waals surface area (Å²) >= 11 is 1.42. The molecule has 1 N–H and O–H groups in total. The van der Waals surface area contributed by atoms with Gasteiger partial charge < -0.3 is 15.1 Å². The van der Waals surface area contributed by atoms with Crippen molar-refractivity contribution in [1.29, 1.82) is 0 Å². The molecule has 1 aromatic rings. The molecule has 6 heteroatoms. The van der Waals surface area contributed by atoms with E-state index in [0.29, 0.717) is 17.8 Å². The average molecular weight is 350 g/mol. The van der Waals surface area contributed by atoms with Crippen LogP contribution in [0.2, 0.25) is 0 Å². The second-order valence-electron chi connectivity index (χ2n) is 6.82. The Bertz CT molecular complexity index is 542. The summed E-state index contributed by atoms with van der Waals surface area (Å²) in [5.74, 6) is 0.965. The van der Waals surface area contributed by atoms with Gasteiger partial charge in [0.25, 0.3) is 5.91 Å². The van der Waals surface area contributed by atoms with E-state index in [1.165, 1.54) is 37.1 Å². The van der Waals surface area contributed by atoms with Crippen LogP contribution in [0.4, 0.5) is 0 Å². The van der Waals surface area contributed by atoms with Crippen LogP contribution < -0.4 is 5.32 Å². The Morgan fingerprint density at radius 2 is 2.04 bits per heavy atom.